The van der Waals surface area contributed by atoms with Crippen LogP contribution in [-0.4, -0.2) is 44.0 Å². The van der Waals surface area contributed by atoms with Crippen LogP contribution in [0, 0.1) is 6.92 Å². The number of para-hydroxylation sites is 1. The van der Waals surface area contributed by atoms with E-state index < -0.39 is 0 Å². The molecule has 2 aliphatic heterocycles. The average Bonchev–Trinajstić information content (AvgIpc) is 3.41. The van der Waals surface area contributed by atoms with Crippen molar-refractivity contribution >= 4 is 16.8 Å². The van der Waals surface area contributed by atoms with Crippen molar-refractivity contribution in [1.29, 1.82) is 0 Å². The standard InChI is InChI=1S/C25H25N5O2/c1-16-27-28-25(32-16)23-12-17-6-2-3-7-18(17)13-30(23)15-24(31)29-11-10-22-20(14-29)19-8-4-5-9-21(19)26-22/h2-9,23,26H,10-15H2,1H3. The van der Waals surface area contributed by atoms with E-state index in [0.29, 0.717) is 31.4 Å². The number of nitrogens with one attached hydrogen (secondary N) is 1. The molecule has 6 rings (SSSR count). The maximum Gasteiger partial charge on any atom is 0.237 e. The third-order valence-corrected chi connectivity index (χ3v) is 6.75. The highest BCUT2D eigenvalue weighted by Gasteiger charge is 2.34. The number of fused-ring (bicyclic) bond motifs is 4. The van der Waals surface area contributed by atoms with Crippen LogP contribution >= 0.6 is 0 Å². The fraction of sp³-hybridized carbons (Fsp3) is 0.320. The number of carbonyl (C=O) groups excluding carboxylic acids is 1. The van der Waals surface area contributed by atoms with Crippen LogP contribution in [0.1, 0.15) is 40.2 Å². The van der Waals surface area contributed by atoms with Gasteiger partial charge >= 0.3 is 0 Å². The Balaban J connectivity index is 1.25. The van der Waals surface area contributed by atoms with E-state index in [-0.39, 0.29) is 11.9 Å². The minimum atomic E-state index is -0.0940. The van der Waals surface area contributed by atoms with Crippen LogP contribution in [0.25, 0.3) is 10.9 Å². The zero-order valence-corrected chi connectivity index (χ0v) is 18.0. The summed E-state index contributed by atoms with van der Waals surface area (Å²) in [6, 6.07) is 16.6. The molecule has 2 aromatic heterocycles. The Labute approximate surface area is 186 Å². The molecule has 7 heteroatoms. The summed E-state index contributed by atoms with van der Waals surface area (Å²) in [6.45, 7) is 4.20. The molecule has 32 heavy (non-hydrogen) atoms. The van der Waals surface area contributed by atoms with E-state index in [9.17, 15) is 4.79 Å². The normalized spacial score (nSPS) is 18.5. The highest BCUT2D eigenvalue weighted by atomic mass is 16.4. The zero-order chi connectivity index (χ0) is 21.7. The maximum atomic E-state index is 13.4. The third kappa shape index (κ3) is 3.29. The van der Waals surface area contributed by atoms with Crippen LogP contribution in [0.2, 0.25) is 0 Å². The third-order valence-electron chi connectivity index (χ3n) is 6.75. The fourth-order valence-electron chi connectivity index (χ4n) is 5.09. The van der Waals surface area contributed by atoms with Gasteiger partial charge in [0.2, 0.25) is 17.7 Å². The van der Waals surface area contributed by atoms with E-state index in [1.165, 1.54) is 27.8 Å². The van der Waals surface area contributed by atoms with Crippen LogP contribution in [0.5, 0.6) is 0 Å². The molecule has 7 nitrogen and oxygen atoms in total. The number of hydrogen-bond donors (Lipinski definition) is 1. The molecule has 1 unspecified atom stereocenters. The Hall–Kier alpha value is -3.45. The second-order valence-corrected chi connectivity index (χ2v) is 8.75. The van der Waals surface area contributed by atoms with Crippen molar-refractivity contribution in [3.8, 4) is 0 Å². The number of carbonyl (C=O) groups is 1. The fourth-order valence-corrected chi connectivity index (χ4v) is 5.09. The summed E-state index contributed by atoms with van der Waals surface area (Å²) in [7, 11) is 0. The molecule has 4 aromatic rings. The minimum Gasteiger partial charge on any atom is -0.424 e. The molecule has 1 amide bonds. The molecule has 1 N–H and O–H groups in total. The van der Waals surface area contributed by atoms with Gasteiger partial charge in [-0.25, -0.2) is 0 Å². The molecule has 0 aliphatic carbocycles. The molecule has 162 valence electrons. The SMILES string of the molecule is Cc1nnc(C2Cc3ccccc3CN2CC(=O)N2CCc3[nH]c4ccccc4c3C2)o1. The van der Waals surface area contributed by atoms with Gasteiger partial charge in [0.25, 0.3) is 0 Å². The lowest BCUT2D eigenvalue weighted by atomic mass is 9.93. The van der Waals surface area contributed by atoms with Crippen LogP contribution in [-0.2, 0) is 30.7 Å². The van der Waals surface area contributed by atoms with Crippen molar-refractivity contribution in [1.82, 2.24) is 25.0 Å². The highest BCUT2D eigenvalue weighted by molar-refractivity contribution is 5.86. The van der Waals surface area contributed by atoms with E-state index in [0.717, 1.165) is 24.9 Å². The zero-order valence-electron chi connectivity index (χ0n) is 18.0. The number of aromatic amines is 1. The number of nitrogens with zero attached hydrogens (tertiary/aromatic N) is 4. The number of aryl methyl sites for hydroxylation is 1. The van der Waals surface area contributed by atoms with E-state index in [2.05, 4.69) is 62.5 Å². The molecule has 2 aromatic carbocycles. The molecule has 2 aliphatic rings. The number of aromatic nitrogens is 3. The Kier molecular flexibility index (Phi) is 4.57. The number of benzene rings is 2. The molecule has 0 bridgehead atoms. The van der Waals surface area contributed by atoms with Crippen molar-refractivity contribution in [2.24, 2.45) is 0 Å². The Bertz CT molecular complexity index is 1310. The minimum absolute atomic E-state index is 0.0940. The van der Waals surface area contributed by atoms with Crippen molar-refractivity contribution in [3.05, 3.63) is 82.7 Å². The van der Waals surface area contributed by atoms with Gasteiger partial charge in [0.05, 0.1) is 12.6 Å². The van der Waals surface area contributed by atoms with Gasteiger partial charge < -0.3 is 14.3 Å². The largest absolute Gasteiger partial charge is 0.424 e. The monoisotopic (exact) mass is 427 g/mol. The Morgan fingerprint density at radius 1 is 1.09 bits per heavy atom. The first-order valence-corrected chi connectivity index (χ1v) is 11.1. The maximum absolute atomic E-state index is 13.4. The predicted molar refractivity (Wildman–Crippen MR) is 120 cm³/mol. The molecule has 0 spiro atoms. The van der Waals surface area contributed by atoms with Gasteiger partial charge in [-0.3, -0.25) is 9.69 Å². The van der Waals surface area contributed by atoms with Gasteiger partial charge in [-0.15, -0.1) is 10.2 Å². The Morgan fingerprint density at radius 3 is 2.75 bits per heavy atom. The van der Waals surface area contributed by atoms with Gasteiger partial charge in [-0.05, 0) is 23.6 Å². The van der Waals surface area contributed by atoms with E-state index in [1.807, 2.05) is 11.0 Å². The number of hydrogen-bond acceptors (Lipinski definition) is 5. The van der Waals surface area contributed by atoms with Crippen LogP contribution in [0.3, 0.4) is 0 Å². The van der Waals surface area contributed by atoms with Gasteiger partial charge in [0, 0.05) is 55.1 Å². The van der Waals surface area contributed by atoms with Gasteiger partial charge in [0.1, 0.15) is 0 Å². The lowest BCUT2D eigenvalue weighted by molar-refractivity contribution is -0.134. The molecule has 1 atom stereocenters. The summed E-state index contributed by atoms with van der Waals surface area (Å²) in [4.78, 5) is 21.1. The van der Waals surface area contributed by atoms with Crippen molar-refractivity contribution < 1.29 is 9.21 Å². The van der Waals surface area contributed by atoms with Crippen molar-refractivity contribution in [2.75, 3.05) is 13.1 Å². The van der Waals surface area contributed by atoms with Crippen molar-refractivity contribution in [3.63, 3.8) is 0 Å². The molecule has 4 heterocycles. The number of amides is 1. The second kappa shape index (κ2) is 7.60. The van der Waals surface area contributed by atoms with E-state index in [4.69, 9.17) is 4.42 Å². The van der Waals surface area contributed by atoms with Crippen LogP contribution in [0.15, 0.2) is 52.9 Å². The molecule has 0 saturated heterocycles. The molecular weight excluding hydrogens is 402 g/mol. The summed E-state index contributed by atoms with van der Waals surface area (Å²) in [5.74, 6) is 1.27. The van der Waals surface area contributed by atoms with E-state index >= 15 is 0 Å². The van der Waals surface area contributed by atoms with Gasteiger partial charge in [0.15, 0.2) is 0 Å². The first-order valence-electron chi connectivity index (χ1n) is 11.1. The molecule has 0 fully saturated rings. The first-order chi connectivity index (χ1) is 15.7. The summed E-state index contributed by atoms with van der Waals surface area (Å²) in [5, 5.41) is 9.52. The molecule has 0 radical (unpaired) electrons. The lowest BCUT2D eigenvalue weighted by Gasteiger charge is -2.36. The Morgan fingerprint density at radius 2 is 1.91 bits per heavy atom. The molecular formula is C25H25N5O2. The topological polar surface area (TPSA) is 78.3 Å². The summed E-state index contributed by atoms with van der Waals surface area (Å²) in [6.07, 6.45) is 1.61. The molecule has 0 saturated carbocycles. The smallest absolute Gasteiger partial charge is 0.237 e. The van der Waals surface area contributed by atoms with Crippen LogP contribution in [0.4, 0.5) is 0 Å². The lowest BCUT2D eigenvalue weighted by Crippen LogP contribution is -2.45. The predicted octanol–water partition coefficient (Wildman–Crippen LogP) is 3.54. The van der Waals surface area contributed by atoms with Gasteiger partial charge in [-0.1, -0.05) is 42.5 Å². The van der Waals surface area contributed by atoms with Crippen LogP contribution < -0.4 is 0 Å². The summed E-state index contributed by atoms with van der Waals surface area (Å²) in [5.41, 5.74) is 6.17. The average molecular weight is 428 g/mol. The summed E-state index contributed by atoms with van der Waals surface area (Å²) >= 11 is 0. The quantitative estimate of drug-likeness (QED) is 0.541. The number of H-pyrrole nitrogens is 1. The summed E-state index contributed by atoms with van der Waals surface area (Å²) < 4.78 is 5.79. The second-order valence-electron chi connectivity index (χ2n) is 8.75. The van der Waals surface area contributed by atoms with E-state index in [1.54, 1.807) is 6.92 Å². The van der Waals surface area contributed by atoms with Crippen molar-refractivity contribution in [2.45, 2.75) is 38.9 Å². The first kappa shape index (κ1) is 19.3. The van der Waals surface area contributed by atoms with Gasteiger partial charge in [-0.2, -0.15) is 0 Å². The highest BCUT2D eigenvalue weighted by Crippen LogP contribution is 2.33. The number of rotatable bonds is 3.